The standard InChI is InChI=1S/C15H21N3O/c1-17-11-3-2-4-12(13(11)14(16)19)18-9-7-15(5-6-15)8-10-18/h2-4,17H,5-10H2,1H3,(H2,16,19). The molecule has 1 amide bonds. The van der Waals surface area contributed by atoms with Gasteiger partial charge in [0.15, 0.2) is 0 Å². The molecule has 1 aliphatic carbocycles. The van der Waals surface area contributed by atoms with Crippen LogP contribution in [0.2, 0.25) is 0 Å². The summed E-state index contributed by atoms with van der Waals surface area (Å²) in [5.41, 5.74) is 8.62. The average molecular weight is 259 g/mol. The van der Waals surface area contributed by atoms with Gasteiger partial charge in [-0.1, -0.05) is 6.07 Å². The van der Waals surface area contributed by atoms with E-state index >= 15 is 0 Å². The van der Waals surface area contributed by atoms with Crippen LogP contribution in [-0.2, 0) is 0 Å². The normalized spacial score (nSPS) is 20.4. The van der Waals surface area contributed by atoms with E-state index in [-0.39, 0.29) is 5.91 Å². The summed E-state index contributed by atoms with van der Waals surface area (Å²) in [5.74, 6) is -0.355. The average Bonchev–Trinajstić information content (AvgIpc) is 3.18. The van der Waals surface area contributed by atoms with Gasteiger partial charge in [0.2, 0.25) is 0 Å². The number of nitrogens with one attached hydrogen (secondary N) is 1. The number of nitrogens with zero attached hydrogens (tertiary/aromatic N) is 1. The van der Waals surface area contributed by atoms with E-state index in [0.29, 0.717) is 11.0 Å². The molecule has 102 valence electrons. The van der Waals surface area contributed by atoms with E-state index in [0.717, 1.165) is 24.5 Å². The molecule has 3 N–H and O–H groups in total. The lowest BCUT2D eigenvalue weighted by Crippen LogP contribution is -2.36. The van der Waals surface area contributed by atoms with Crippen molar-refractivity contribution >= 4 is 17.3 Å². The predicted octanol–water partition coefficient (Wildman–Crippen LogP) is 2.21. The topological polar surface area (TPSA) is 58.4 Å². The molecule has 1 saturated carbocycles. The molecule has 2 aliphatic rings. The Morgan fingerprint density at radius 2 is 1.95 bits per heavy atom. The van der Waals surface area contributed by atoms with Gasteiger partial charge in [0.25, 0.3) is 5.91 Å². The summed E-state index contributed by atoms with van der Waals surface area (Å²) in [6.07, 6.45) is 5.27. The van der Waals surface area contributed by atoms with Gasteiger partial charge in [-0.15, -0.1) is 0 Å². The van der Waals surface area contributed by atoms with E-state index in [1.807, 2.05) is 25.2 Å². The predicted molar refractivity (Wildman–Crippen MR) is 77.6 cm³/mol. The molecule has 0 atom stereocenters. The third-order valence-electron chi connectivity index (χ3n) is 4.68. The molecule has 4 nitrogen and oxygen atoms in total. The van der Waals surface area contributed by atoms with Gasteiger partial charge in [-0.3, -0.25) is 4.79 Å². The maximum Gasteiger partial charge on any atom is 0.252 e. The largest absolute Gasteiger partial charge is 0.387 e. The minimum Gasteiger partial charge on any atom is -0.387 e. The fourth-order valence-electron chi connectivity index (χ4n) is 3.17. The van der Waals surface area contributed by atoms with E-state index < -0.39 is 0 Å². The second kappa shape index (κ2) is 4.44. The molecular formula is C15H21N3O. The van der Waals surface area contributed by atoms with Gasteiger partial charge in [0, 0.05) is 25.8 Å². The second-order valence-corrected chi connectivity index (χ2v) is 5.80. The Morgan fingerprint density at radius 3 is 2.47 bits per heavy atom. The zero-order valence-electron chi connectivity index (χ0n) is 11.4. The highest BCUT2D eigenvalue weighted by molar-refractivity contribution is 6.04. The molecule has 0 radical (unpaired) electrons. The Balaban J connectivity index is 1.89. The van der Waals surface area contributed by atoms with Crippen LogP contribution in [0.3, 0.4) is 0 Å². The van der Waals surface area contributed by atoms with Crippen molar-refractivity contribution in [3.63, 3.8) is 0 Å². The van der Waals surface area contributed by atoms with Gasteiger partial charge < -0.3 is 16.0 Å². The molecule has 1 aliphatic heterocycles. The first-order valence-electron chi connectivity index (χ1n) is 7.01. The van der Waals surface area contributed by atoms with Gasteiger partial charge in [-0.05, 0) is 43.2 Å². The Morgan fingerprint density at radius 1 is 1.26 bits per heavy atom. The molecule has 1 saturated heterocycles. The second-order valence-electron chi connectivity index (χ2n) is 5.80. The number of nitrogens with two attached hydrogens (primary N) is 1. The number of hydrogen-bond acceptors (Lipinski definition) is 3. The van der Waals surface area contributed by atoms with Crippen molar-refractivity contribution in [3.05, 3.63) is 23.8 Å². The van der Waals surface area contributed by atoms with Crippen LogP contribution in [0.4, 0.5) is 11.4 Å². The summed E-state index contributed by atoms with van der Waals surface area (Å²) in [7, 11) is 1.82. The number of amides is 1. The van der Waals surface area contributed by atoms with Crippen LogP contribution in [0.15, 0.2) is 18.2 Å². The minimum absolute atomic E-state index is 0.355. The van der Waals surface area contributed by atoms with Crippen LogP contribution in [0.5, 0.6) is 0 Å². The fraction of sp³-hybridized carbons (Fsp3) is 0.533. The summed E-state index contributed by atoms with van der Waals surface area (Å²) >= 11 is 0. The molecule has 0 aromatic heterocycles. The van der Waals surface area contributed by atoms with E-state index in [1.165, 1.54) is 25.7 Å². The van der Waals surface area contributed by atoms with E-state index in [4.69, 9.17) is 5.73 Å². The molecule has 3 rings (SSSR count). The van der Waals surface area contributed by atoms with Gasteiger partial charge in [0.05, 0.1) is 11.3 Å². The summed E-state index contributed by atoms with van der Waals surface area (Å²) in [4.78, 5) is 14.0. The molecule has 4 heteroatoms. The first-order chi connectivity index (χ1) is 9.15. The number of piperidine rings is 1. The number of anilines is 2. The Labute approximate surface area is 114 Å². The number of rotatable bonds is 3. The van der Waals surface area contributed by atoms with Crippen molar-refractivity contribution in [1.82, 2.24) is 0 Å². The molecule has 0 unspecified atom stereocenters. The van der Waals surface area contributed by atoms with Crippen molar-refractivity contribution in [2.45, 2.75) is 25.7 Å². The van der Waals surface area contributed by atoms with Crippen LogP contribution in [0.1, 0.15) is 36.0 Å². The van der Waals surface area contributed by atoms with Gasteiger partial charge >= 0.3 is 0 Å². The Kier molecular flexibility index (Phi) is 2.88. The third-order valence-corrected chi connectivity index (χ3v) is 4.68. The van der Waals surface area contributed by atoms with Crippen molar-refractivity contribution in [3.8, 4) is 0 Å². The highest BCUT2D eigenvalue weighted by Crippen LogP contribution is 2.54. The molecule has 19 heavy (non-hydrogen) atoms. The summed E-state index contributed by atoms with van der Waals surface area (Å²) in [6, 6.07) is 5.89. The van der Waals surface area contributed by atoms with E-state index in [9.17, 15) is 4.79 Å². The molecule has 1 aromatic rings. The quantitative estimate of drug-likeness (QED) is 0.875. The minimum atomic E-state index is -0.355. The van der Waals surface area contributed by atoms with Crippen LogP contribution >= 0.6 is 0 Å². The lowest BCUT2D eigenvalue weighted by atomic mass is 9.93. The maximum atomic E-state index is 11.7. The molecule has 1 aromatic carbocycles. The molecular weight excluding hydrogens is 238 g/mol. The molecule has 1 spiro atoms. The number of carbonyl (C=O) groups excluding carboxylic acids is 1. The number of hydrogen-bond donors (Lipinski definition) is 2. The molecule has 2 fully saturated rings. The van der Waals surface area contributed by atoms with Crippen LogP contribution in [-0.4, -0.2) is 26.0 Å². The van der Waals surface area contributed by atoms with E-state index in [1.54, 1.807) is 0 Å². The van der Waals surface area contributed by atoms with Crippen molar-refractivity contribution in [2.24, 2.45) is 11.1 Å². The summed E-state index contributed by atoms with van der Waals surface area (Å²) in [6.45, 7) is 2.07. The molecule has 1 heterocycles. The first kappa shape index (κ1) is 12.3. The highest BCUT2D eigenvalue weighted by atomic mass is 16.1. The van der Waals surface area contributed by atoms with Crippen LogP contribution in [0, 0.1) is 5.41 Å². The number of carbonyl (C=O) groups is 1. The number of primary amides is 1. The van der Waals surface area contributed by atoms with Gasteiger partial charge in [-0.25, -0.2) is 0 Å². The molecule has 0 bridgehead atoms. The monoisotopic (exact) mass is 259 g/mol. The van der Waals surface area contributed by atoms with Crippen LogP contribution < -0.4 is 16.0 Å². The lowest BCUT2D eigenvalue weighted by molar-refractivity contribution is 0.100. The summed E-state index contributed by atoms with van der Waals surface area (Å²) < 4.78 is 0. The SMILES string of the molecule is CNc1cccc(N2CCC3(CC2)CC3)c1C(N)=O. The van der Waals surface area contributed by atoms with Crippen molar-refractivity contribution in [2.75, 3.05) is 30.4 Å². The highest BCUT2D eigenvalue weighted by Gasteiger charge is 2.44. The van der Waals surface area contributed by atoms with Crippen molar-refractivity contribution < 1.29 is 4.79 Å². The van der Waals surface area contributed by atoms with Crippen molar-refractivity contribution in [1.29, 1.82) is 0 Å². The van der Waals surface area contributed by atoms with Gasteiger partial charge in [-0.2, -0.15) is 0 Å². The Bertz CT molecular complexity index is 498. The number of benzene rings is 1. The summed E-state index contributed by atoms with van der Waals surface area (Å²) in [5, 5.41) is 3.06. The third kappa shape index (κ3) is 2.15. The first-order valence-corrected chi connectivity index (χ1v) is 7.01. The fourth-order valence-corrected chi connectivity index (χ4v) is 3.17. The lowest BCUT2D eigenvalue weighted by Gasteiger charge is -2.35. The van der Waals surface area contributed by atoms with Crippen LogP contribution in [0.25, 0.3) is 0 Å². The zero-order chi connectivity index (χ0) is 13.5. The van der Waals surface area contributed by atoms with Gasteiger partial charge in [0.1, 0.15) is 0 Å². The Hall–Kier alpha value is -1.71. The maximum absolute atomic E-state index is 11.7. The smallest absolute Gasteiger partial charge is 0.252 e. The zero-order valence-corrected chi connectivity index (χ0v) is 11.4. The van der Waals surface area contributed by atoms with E-state index in [2.05, 4.69) is 10.2 Å².